The van der Waals surface area contributed by atoms with Crippen LogP contribution in [0.5, 0.6) is 0 Å². The molecule has 0 aromatic heterocycles. The second-order valence-electron chi connectivity index (χ2n) is 8.31. The van der Waals surface area contributed by atoms with E-state index in [0.717, 1.165) is 12.8 Å². The molecule has 0 saturated heterocycles. The summed E-state index contributed by atoms with van der Waals surface area (Å²) >= 11 is 0. The van der Waals surface area contributed by atoms with Crippen LogP contribution in [0.2, 0.25) is 0 Å². The molecular formula is C23H44NNaO3. The Morgan fingerprint density at radius 3 is 1.39 bits per heavy atom. The third-order valence-corrected chi connectivity index (χ3v) is 5.24. The maximum atomic E-state index is 11.8. The van der Waals surface area contributed by atoms with Crippen LogP contribution in [0, 0.1) is 5.92 Å². The predicted octanol–water partition coefficient (Wildman–Crippen LogP) is 2.14. The zero-order valence-electron chi connectivity index (χ0n) is 19.2. The first kappa shape index (κ1) is 30.1. The average molecular weight is 406 g/mol. The minimum Gasteiger partial charge on any atom is -0.548 e. The van der Waals surface area contributed by atoms with Crippen molar-refractivity contribution in [1.29, 1.82) is 0 Å². The van der Waals surface area contributed by atoms with Crippen LogP contribution >= 0.6 is 0 Å². The van der Waals surface area contributed by atoms with Gasteiger partial charge in [0.05, 0.1) is 12.0 Å². The van der Waals surface area contributed by atoms with Crippen molar-refractivity contribution in [2.75, 3.05) is 0 Å². The van der Waals surface area contributed by atoms with Gasteiger partial charge in [-0.3, -0.25) is 4.79 Å². The summed E-state index contributed by atoms with van der Waals surface area (Å²) in [4.78, 5) is 22.8. The van der Waals surface area contributed by atoms with Gasteiger partial charge in [0.25, 0.3) is 0 Å². The number of aliphatic carboxylic acids is 1. The Hall–Kier alpha value is -0.0600. The first-order valence-corrected chi connectivity index (χ1v) is 11.5. The number of amides is 1. The molecule has 0 aromatic rings. The molecule has 0 saturated carbocycles. The van der Waals surface area contributed by atoms with Gasteiger partial charge in [-0.1, -0.05) is 111 Å². The second-order valence-corrected chi connectivity index (χ2v) is 8.31. The molecule has 4 nitrogen and oxygen atoms in total. The molecule has 1 N–H and O–H groups in total. The zero-order chi connectivity index (χ0) is 20.3. The number of carboxylic acid groups (broad SMARTS) is 1. The Morgan fingerprint density at radius 2 is 1.07 bits per heavy atom. The summed E-state index contributed by atoms with van der Waals surface area (Å²) in [6, 6.07) is -0.881. The molecule has 0 bridgehead atoms. The summed E-state index contributed by atoms with van der Waals surface area (Å²) in [5, 5.41) is 13.5. The van der Waals surface area contributed by atoms with Crippen molar-refractivity contribution in [2.24, 2.45) is 5.92 Å². The number of rotatable bonds is 19. The third-order valence-electron chi connectivity index (χ3n) is 5.24. The number of hydrogen-bond donors (Lipinski definition) is 1. The number of hydrogen-bond acceptors (Lipinski definition) is 3. The van der Waals surface area contributed by atoms with E-state index in [9.17, 15) is 14.7 Å². The second kappa shape index (κ2) is 21.6. The van der Waals surface area contributed by atoms with Gasteiger partial charge in [-0.15, -0.1) is 0 Å². The van der Waals surface area contributed by atoms with Gasteiger partial charge in [-0.05, 0) is 12.3 Å². The fourth-order valence-electron chi connectivity index (χ4n) is 3.40. The molecule has 160 valence electrons. The predicted molar refractivity (Wildman–Crippen MR) is 111 cm³/mol. The third kappa shape index (κ3) is 19.3. The molecule has 0 fully saturated rings. The first-order chi connectivity index (χ1) is 13.0. The van der Waals surface area contributed by atoms with E-state index in [1.54, 1.807) is 13.8 Å². The maximum absolute atomic E-state index is 11.8. The Labute approximate surface area is 196 Å². The molecule has 0 aliphatic heterocycles. The summed E-state index contributed by atoms with van der Waals surface area (Å²) in [5.74, 6) is -1.53. The Balaban J connectivity index is 0. The zero-order valence-corrected chi connectivity index (χ0v) is 21.2. The summed E-state index contributed by atoms with van der Waals surface area (Å²) < 4.78 is 0. The van der Waals surface area contributed by atoms with Gasteiger partial charge in [0.15, 0.2) is 0 Å². The van der Waals surface area contributed by atoms with Crippen LogP contribution in [0.3, 0.4) is 0 Å². The molecule has 0 rings (SSSR count). The minimum absolute atomic E-state index is 0. The molecule has 0 heterocycles. The van der Waals surface area contributed by atoms with Crippen LogP contribution in [0.1, 0.15) is 124 Å². The van der Waals surface area contributed by atoms with Crippen molar-refractivity contribution >= 4 is 11.9 Å². The van der Waals surface area contributed by atoms with Gasteiger partial charge >= 0.3 is 29.6 Å². The molecule has 28 heavy (non-hydrogen) atoms. The molecular weight excluding hydrogens is 361 g/mol. The van der Waals surface area contributed by atoms with Crippen molar-refractivity contribution in [3.05, 3.63) is 0 Å². The molecule has 1 amide bonds. The molecule has 0 radical (unpaired) electrons. The first-order valence-electron chi connectivity index (χ1n) is 11.5. The number of carbonyl (C=O) groups excluding carboxylic acids is 2. The van der Waals surface area contributed by atoms with Gasteiger partial charge in [0.2, 0.25) is 5.91 Å². The number of nitrogens with one attached hydrogen (secondary N) is 1. The number of carboxylic acids is 1. The van der Waals surface area contributed by atoms with Gasteiger partial charge in [-0.2, -0.15) is 0 Å². The average Bonchev–Trinajstić information content (AvgIpc) is 2.62. The van der Waals surface area contributed by atoms with Gasteiger partial charge < -0.3 is 15.2 Å². The topological polar surface area (TPSA) is 69.2 Å². The molecule has 0 unspecified atom stereocenters. The van der Waals surface area contributed by atoms with Gasteiger partial charge in [0, 0.05) is 6.42 Å². The summed E-state index contributed by atoms with van der Waals surface area (Å²) in [6.07, 6.45) is 19.8. The Kier molecular flexibility index (Phi) is 23.3. The van der Waals surface area contributed by atoms with E-state index in [1.807, 2.05) is 0 Å². The van der Waals surface area contributed by atoms with E-state index in [4.69, 9.17) is 0 Å². The largest absolute Gasteiger partial charge is 1.00 e. The molecule has 0 aromatic carbocycles. The van der Waals surface area contributed by atoms with Crippen molar-refractivity contribution < 1.29 is 44.3 Å². The van der Waals surface area contributed by atoms with Crippen molar-refractivity contribution in [1.82, 2.24) is 5.32 Å². The van der Waals surface area contributed by atoms with Crippen LogP contribution in [-0.4, -0.2) is 17.9 Å². The van der Waals surface area contributed by atoms with Crippen molar-refractivity contribution in [3.8, 4) is 0 Å². The molecule has 1 atom stereocenters. The standard InChI is InChI=1S/C23H45NO3.Na/c1-4-5-6-7-8-9-10-11-12-13-14-15-16-17-18-19-21(25)24-22(20(2)3)23(26)27;/h20,22H,4-19H2,1-3H3,(H,24,25)(H,26,27);/q;+1/p-1/t22-;/m0./s1. The number of carbonyl (C=O) groups is 2. The quantitative estimate of drug-likeness (QED) is 0.264. The van der Waals surface area contributed by atoms with Crippen LogP contribution in [0.25, 0.3) is 0 Å². The van der Waals surface area contributed by atoms with Crippen molar-refractivity contribution in [3.63, 3.8) is 0 Å². The fourth-order valence-corrected chi connectivity index (χ4v) is 3.40. The maximum Gasteiger partial charge on any atom is 1.00 e. The minimum atomic E-state index is -1.20. The van der Waals surface area contributed by atoms with Gasteiger partial charge in [-0.25, -0.2) is 0 Å². The molecule has 0 aliphatic rings. The van der Waals surface area contributed by atoms with Crippen LogP contribution in [0.15, 0.2) is 0 Å². The Bertz CT molecular complexity index is 375. The molecule has 0 aliphatic carbocycles. The molecule has 5 heteroatoms. The van der Waals surface area contributed by atoms with E-state index in [2.05, 4.69) is 12.2 Å². The summed E-state index contributed by atoms with van der Waals surface area (Å²) in [6.45, 7) is 5.81. The smallest absolute Gasteiger partial charge is 0.548 e. The number of unbranched alkanes of at least 4 members (excludes halogenated alkanes) is 14. The monoisotopic (exact) mass is 405 g/mol. The van der Waals surface area contributed by atoms with E-state index >= 15 is 0 Å². The van der Waals surface area contributed by atoms with E-state index in [1.165, 1.54) is 83.5 Å². The normalized spacial score (nSPS) is 11.9. The van der Waals surface area contributed by atoms with E-state index < -0.39 is 12.0 Å². The van der Waals surface area contributed by atoms with Crippen LogP contribution < -0.4 is 40.0 Å². The van der Waals surface area contributed by atoms with E-state index in [0.29, 0.717) is 6.42 Å². The summed E-state index contributed by atoms with van der Waals surface area (Å²) in [5.41, 5.74) is 0. The SMILES string of the molecule is CCCCCCCCCCCCCCCCCC(=O)N[C@H](C(=O)[O-])C(C)C.[Na+]. The molecule has 0 spiro atoms. The Morgan fingerprint density at radius 1 is 0.714 bits per heavy atom. The van der Waals surface area contributed by atoms with Crippen molar-refractivity contribution in [2.45, 2.75) is 130 Å². The van der Waals surface area contributed by atoms with E-state index in [-0.39, 0.29) is 41.4 Å². The fraction of sp³-hybridized carbons (Fsp3) is 0.913. The van der Waals surface area contributed by atoms with Crippen LogP contribution in [-0.2, 0) is 9.59 Å². The van der Waals surface area contributed by atoms with Crippen LogP contribution in [0.4, 0.5) is 0 Å². The summed E-state index contributed by atoms with van der Waals surface area (Å²) in [7, 11) is 0. The van der Waals surface area contributed by atoms with Gasteiger partial charge in [0.1, 0.15) is 0 Å².